The Morgan fingerprint density at radius 1 is 1.47 bits per heavy atom. The van der Waals surface area contributed by atoms with E-state index in [1.165, 1.54) is 12.1 Å². The summed E-state index contributed by atoms with van der Waals surface area (Å²) < 4.78 is 15.4. The molecular formula is C14H15FN4. The molecule has 2 aromatic rings. The van der Waals surface area contributed by atoms with Gasteiger partial charge in [-0.3, -0.25) is 4.68 Å². The summed E-state index contributed by atoms with van der Waals surface area (Å²) in [5.74, 6) is -0.312. The summed E-state index contributed by atoms with van der Waals surface area (Å²) in [6, 6.07) is 6.36. The van der Waals surface area contributed by atoms with Gasteiger partial charge >= 0.3 is 0 Å². The molecule has 0 saturated heterocycles. The van der Waals surface area contributed by atoms with E-state index in [-0.39, 0.29) is 5.82 Å². The maximum Gasteiger partial charge on any atom is 0.128 e. The third kappa shape index (κ3) is 2.91. The maximum atomic E-state index is 13.6. The second-order valence-corrected chi connectivity index (χ2v) is 4.29. The second kappa shape index (κ2) is 5.53. The van der Waals surface area contributed by atoms with Gasteiger partial charge in [-0.15, -0.1) is 0 Å². The van der Waals surface area contributed by atoms with Crippen molar-refractivity contribution in [3.63, 3.8) is 0 Å². The van der Waals surface area contributed by atoms with E-state index < -0.39 is 0 Å². The first-order valence-electron chi connectivity index (χ1n) is 6.09. The van der Waals surface area contributed by atoms with Crippen LogP contribution in [0.1, 0.15) is 23.7 Å². The number of nitriles is 1. The van der Waals surface area contributed by atoms with Gasteiger partial charge in [-0.25, -0.2) is 4.39 Å². The number of rotatable bonds is 4. The molecule has 0 aliphatic heterocycles. The summed E-state index contributed by atoms with van der Waals surface area (Å²) in [6.45, 7) is 2.35. The minimum atomic E-state index is -0.312. The molecule has 0 unspecified atom stereocenters. The highest BCUT2D eigenvalue weighted by Crippen LogP contribution is 2.17. The highest BCUT2D eigenvalue weighted by atomic mass is 19.1. The van der Waals surface area contributed by atoms with Crippen LogP contribution in [0.15, 0.2) is 24.4 Å². The molecule has 2 rings (SSSR count). The Morgan fingerprint density at radius 3 is 2.95 bits per heavy atom. The number of aryl methyl sites for hydroxylation is 2. The summed E-state index contributed by atoms with van der Waals surface area (Å²) >= 11 is 0. The van der Waals surface area contributed by atoms with Gasteiger partial charge < -0.3 is 5.32 Å². The van der Waals surface area contributed by atoms with E-state index in [1.54, 1.807) is 10.7 Å². The number of hydrogen-bond acceptors (Lipinski definition) is 3. The van der Waals surface area contributed by atoms with E-state index in [9.17, 15) is 4.39 Å². The molecular weight excluding hydrogens is 243 g/mol. The van der Waals surface area contributed by atoms with Gasteiger partial charge in [-0.2, -0.15) is 10.4 Å². The van der Waals surface area contributed by atoms with Gasteiger partial charge in [0.25, 0.3) is 0 Å². The van der Waals surface area contributed by atoms with Crippen molar-refractivity contribution < 1.29 is 4.39 Å². The Kier molecular flexibility index (Phi) is 3.81. The highest BCUT2D eigenvalue weighted by Gasteiger charge is 2.08. The molecule has 0 aliphatic rings. The van der Waals surface area contributed by atoms with Crippen molar-refractivity contribution in [2.45, 2.75) is 19.9 Å². The largest absolute Gasteiger partial charge is 0.378 e. The SMILES string of the molecule is CCc1nn(C)cc1NCc1cc(C#N)ccc1F. The molecule has 0 radical (unpaired) electrons. The van der Waals surface area contributed by atoms with Crippen LogP contribution in [0.4, 0.5) is 10.1 Å². The Morgan fingerprint density at radius 2 is 2.26 bits per heavy atom. The van der Waals surface area contributed by atoms with Crippen molar-refractivity contribution in [3.8, 4) is 6.07 Å². The second-order valence-electron chi connectivity index (χ2n) is 4.29. The van der Waals surface area contributed by atoms with E-state index in [4.69, 9.17) is 5.26 Å². The monoisotopic (exact) mass is 258 g/mol. The number of benzene rings is 1. The van der Waals surface area contributed by atoms with Crippen molar-refractivity contribution in [1.29, 1.82) is 5.26 Å². The lowest BCUT2D eigenvalue weighted by atomic mass is 10.1. The number of anilines is 1. The molecule has 0 aliphatic carbocycles. The predicted molar refractivity (Wildman–Crippen MR) is 71.0 cm³/mol. The first-order valence-corrected chi connectivity index (χ1v) is 6.09. The van der Waals surface area contributed by atoms with Crippen LogP contribution in [-0.2, 0) is 20.0 Å². The average molecular weight is 258 g/mol. The van der Waals surface area contributed by atoms with Gasteiger partial charge in [0.1, 0.15) is 5.82 Å². The predicted octanol–water partition coefficient (Wildman–Crippen LogP) is 2.61. The van der Waals surface area contributed by atoms with Gasteiger partial charge in [0, 0.05) is 25.4 Å². The van der Waals surface area contributed by atoms with E-state index in [0.29, 0.717) is 17.7 Å². The molecule has 4 nitrogen and oxygen atoms in total. The number of aromatic nitrogens is 2. The molecule has 0 spiro atoms. The van der Waals surface area contributed by atoms with Crippen molar-refractivity contribution >= 4 is 5.69 Å². The summed E-state index contributed by atoms with van der Waals surface area (Å²) in [5.41, 5.74) is 2.77. The van der Waals surface area contributed by atoms with Crippen molar-refractivity contribution in [2.24, 2.45) is 7.05 Å². The Hall–Kier alpha value is -2.35. The van der Waals surface area contributed by atoms with Crippen LogP contribution in [-0.4, -0.2) is 9.78 Å². The maximum absolute atomic E-state index is 13.6. The zero-order valence-corrected chi connectivity index (χ0v) is 10.9. The number of nitrogens with one attached hydrogen (secondary N) is 1. The lowest BCUT2D eigenvalue weighted by molar-refractivity contribution is 0.612. The minimum absolute atomic E-state index is 0.312. The third-order valence-corrected chi connectivity index (χ3v) is 2.88. The third-order valence-electron chi connectivity index (χ3n) is 2.88. The summed E-state index contributed by atoms with van der Waals surface area (Å²) in [6.07, 6.45) is 2.68. The Balaban J connectivity index is 2.16. The molecule has 1 heterocycles. The molecule has 0 saturated carbocycles. The zero-order chi connectivity index (χ0) is 13.8. The topological polar surface area (TPSA) is 53.6 Å². The van der Waals surface area contributed by atoms with Crippen LogP contribution in [0.3, 0.4) is 0 Å². The van der Waals surface area contributed by atoms with Crippen molar-refractivity contribution in [3.05, 3.63) is 47.0 Å². The Labute approximate surface area is 111 Å². The van der Waals surface area contributed by atoms with Crippen molar-refractivity contribution in [2.75, 3.05) is 5.32 Å². The van der Waals surface area contributed by atoms with Gasteiger partial charge in [-0.05, 0) is 24.6 Å². The molecule has 0 fully saturated rings. The average Bonchev–Trinajstić information content (AvgIpc) is 2.78. The van der Waals surface area contributed by atoms with Gasteiger partial charge in [0.2, 0.25) is 0 Å². The van der Waals surface area contributed by atoms with E-state index in [0.717, 1.165) is 17.8 Å². The summed E-state index contributed by atoms with van der Waals surface area (Å²) in [7, 11) is 1.85. The first kappa shape index (κ1) is 13.1. The van der Waals surface area contributed by atoms with Crippen molar-refractivity contribution in [1.82, 2.24) is 9.78 Å². The lowest BCUT2D eigenvalue weighted by Gasteiger charge is -2.07. The Bertz CT molecular complexity index is 625. The van der Waals surface area contributed by atoms with Crippen LogP contribution in [0.25, 0.3) is 0 Å². The van der Waals surface area contributed by atoms with Crippen LogP contribution >= 0.6 is 0 Å². The van der Waals surface area contributed by atoms with Gasteiger partial charge in [0.15, 0.2) is 0 Å². The van der Waals surface area contributed by atoms with Crippen LogP contribution in [0.5, 0.6) is 0 Å². The molecule has 0 amide bonds. The van der Waals surface area contributed by atoms with Crippen LogP contribution < -0.4 is 5.32 Å². The van der Waals surface area contributed by atoms with Gasteiger partial charge in [0.05, 0.1) is 23.0 Å². The smallest absolute Gasteiger partial charge is 0.128 e. The van der Waals surface area contributed by atoms with E-state index in [1.807, 2.05) is 26.2 Å². The summed E-state index contributed by atoms with van der Waals surface area (Å²) in [5, 5.41) is 16.3. The summed E-state index contributed by atoms with van der Waals surface area (Å²) in [4.78, 5) is 0. The molecule has 0 bridgehead atoms. The lowest BCUT2D eigenvalue weighted by Crippen LogP contribution is -2.03. The standard InChI is InChI=1S/C14H15FN4/c1-3-13-14(9-19(2)18-13)17-8-11-6-10(7-16)4-5-12(11)15/h4-6,9,17H,3,8H2,1-2H3. The number of halogens is 1. The fourth-order valence-electron chi connectivity index (χ4n) is 1.91. The fraction of sp³-hybridized carbons (Fsp3) is 0.286. The molecule has 5 heteroatoms. The molecule has 1 aromatic carbocycles. The quantitative estimate of drug-likeness (QED) is 0.917. The molecule has 19 heavy (non-hydrogen) atoms. The van der Waals surface area contributed by atoms with Gasteiger partial charge in [-0.1, -0.05) is 6.92 Å². The van der Waals surface area contributed by atoms with Crippen LogP contribution in [0.2, 0.25) is 0 Å². The first-order chi connectivity index (χ1) is 9.13. The number of hydrogen-bond donors (Lipinski definition) is 1. The molecule has 1 N–H and O–H groups in total. The fourth-order valence-corrected chi connectivity index (χ4v) is 1.91. The van der Waals surface area contributed by atoms with E-state index in [2.05, 4.69) is 10.4 Å². The van der Waals surface area contributed by atoms with Crippen LogP contribution in [0, 0.1) is 17.1 Å². The molecule has 1 aromatic heterocycles. The highest BCUT2D eigenvalue weighted by molar-refractivity contribution is 5.47. The van der Waals surface area contributed by atoms with E-state index >= 15 is 0 Å². The molecule has 98 valence electrons. The minimum Gasteiger partial charge on any atom is -0.378 e. The zero-order valence-electron chi connectivity index (χ0n) is 10.9. The number of nitrogens with zero attached hydrogens (tertiary/aromatic N) is 3. The molecule has 0 atom stereocenters. The normalized spacial score (nSPS) is 10.2.